The topological polar surface area (TPSA) is 79.3 Å². The molecular weight excluding hydrogens is 344 g/mol. The second-order valence-corrected chi connectivity index (χ2v) is 8.36. The number of carboxylic acid groups (broad SMARTS) is 1. The number of hydrogen-bond donors (Lipinski definition) is 2. The first-order valence-electron chi connectivity index (χ1n) is 8.05. The van der Waals surface area contributed by atoms with Crippen molar-refractivity contribution in [2.45, 2.75) is 44.9 Å². The minimum absolute atomic E-state index is 0.0418. The summed E-state index contributed by atoms with van der Waals surface area (Å²) in [5.74, 6) is -0.689. The maximum Gasteiger partial charge on any atom is 0.304 e. The average Bonchev–Trinajstić information content (AvgIpc) is 3.14. The largest absolute Gasteiger partial charge is 0.481 e. The van der Waals surface area contributed by atoms with Gasteiger partial charge in [-0.05, 0) is 36.6 Å². The lowest BCUT2D eigenvalue weighted by atomic mass is 9.93. The molecule has 2 atom stereocenters. The maximum atomic E-state index is 12.3. The summed E-state index contributed by atoms with van der Waals surface area (Å²) in [5.41, 5.74) is 1.11. The molecular formula is C17H20N2O3S2. The number of carboxylic acids is 1. The van der Waals surface area contributed by atoms with Crippen molar-refractivity contribution in [3.8, 4) is 0 Å². The summed E-state index contributed by atoms with van der Waals surface area (Å²) >= 11 is 3.04. The fourth-order valence-electron chi connectivity index (χ4n) is 3.00. The molecule has 0 saturated heterocycles. The first-order chi connectivity index (χ1) is 11.5. The number of rotatable bonds is 6. The monoisotopic (exact) mass is 364 g/mol. The second kappa shape index (κ2) is 7.44. The molecule has 2 heterocycles. The maximum absolute atomic E-state index is 12.3. The first-order valence-corrected chi connectivity index (χ1v) is 9.74. The van der Waals surface area contributed by atoms with E-state index in [1.54, 1.807) is 11.3 Å². The van der Waals surface area contributed by atoms with Gasteiger partial charge < -0.3 is 10.4 Å². The van der Waals surface area contributed by atoms with E-state index in [4.69, 9.17) is 5.11 Å². The Morgan fingerprint density at radius 1 is 1.46 bits per heavy atom. The van der Waals surface area contributed by atoms with Gasteiger partial charge in [0, 0.05) is 22.1 Å². The van der Waals surface area contributed by atoms with E-state index in [2.05, 4.69) is 17.2 Å². The third-order valence-electron chi connectivity index (χ3n) is 4.23. The molecule has 24 heavy (non-hydrogen) atoms. The van der Waals surface area contributed by atoms with E-state index >= 15 is 0 Å². The van der Waals surface area contributed by atoms with Crippen LogP contribution in [-0.2, 0) is 22.4 Å². The van der Waals surface area contributed by atoms with Gasteiger partial charge in [0.05, 0.1) is 12.1 Å². The number of thiophene rings is 1. The zero-order valence-corrected chi connectivity index (χ0v) is 15.1. The van der Waals surface area contributed by atoms with Crippen molar-refractivity contribution in [3.05, 3.63) is 33.0 Å². The molecule has 7 heteroatoms. The van der Waals surface area contributed by atoms with Crippen molar-refractivity contribution in [3.63, 3.8) is 0 Å². The number of hydrogen-bond acceptors (Lipinski definition) is 5. The number of aryl methyl sites for hydroxylation is 1. The van der Waals surface area contributed by atoms with Crippen LogP contribution in [0.1, 0.15) is 47.6 Å². The van der Waals surface area contributed by atoms with Crippen molar-refractivity contribution in [2.75, 3.05) is 5.32 Å². The van der Waals surface area contributed by atoms with Crippen LogP contribution in [0.15, 0.2) is 17.5 Å². The van der Waals surface area contributed by atoms with Gasteiger partial charge in [0.15, 0.2) is 5.13 Å². The summed E-state index contributed by atoms with van der Waals surface area (Å²) in [6.45, 7) is 2.23. The smallest absolute Gasteiger partial charge is 0.304 e. The minimum Gasteiger partial charge on any atom is -0.481 e. The Bertz CT molecular complexity index is 724. The first kappa shape index (κ1) is 17.1. The van der Waals surface area contributed by atoms with Crippen molar-refractivity contribution < 1.29 is 14.7 Å². The molecule has 5 nitrogen and oxygen atoms in total. The van der Waals surface area contributed by atoms with E-state index in [0.717, 1.165) is 29.8 Å². The molecule has 0 fully saturated rings. The Balaban J connectivity index is 1.65. The number of fused-ring (bicyclic) bond motifs is 1. The number of aliphatic carboxylic acids is 1. The number of amides is 1. The number of carbonyl (C=O) groups excluding carboxylic acids is 1. The fraction of sp³-hybridized carbons (Fsp3) is 0.471. The molecule has 1 amide bonds. The number of aromatic nitrogens is 1. The standard InChI is InChI=1S/C17H20N2O3S2/c1-10-4-5-12-14(7-10)24-17(18-12)19-15(20)8-11(9-16(21)22)13-3-2-6-23-13/h2-3,6,10-11H,4-5,7-9H2,1H3,(H,21,22)(H,18,19,20)/t10-,11-/m1/s1. The van der Waals surface area contributed by atoms with Gasteiger partial charge in [0.25, 0.3) is 0 Å². The lowest BCUT2D eigenvalue weighted by Gasteiger charge is -2.15. The molecule has 0 bridgehead atoms. The minimum atomic E-state index is -0.889. The number of nitrogens with one attached hydrogen (secondary N) is 1. The van der Waals surface area contributed by atoms with Gasteiger partial charge in [-0.1, -0.05) is 13.0 Å². The highest BCUT2D eigenvalue weighted by atomic mass is 32.1. The van der Waals surface area contributed by atoms with Crippen molar-refractivity contribution >= 4 is 39.7 Å². The molecule has 0 unspecified atom stereocenters. The SMILES string of the molecule is C[C@@H]1CCc2nc(NC(=O)C[C@H](CC(=O)O)c3cccs3)sc2C1. The van der Waals surface area contributed by atoms with Crippen LogP contribution in [-0.4, -0.2) is 22.0 Å². The number of carbonyl (C=O) groups is 2. The van der Waals surface area contributed by atoms with Crippen LogP contribution in [0.3, 0.4) is 0 Å². The molecule has 2 aromatic heterocycles. The number of nitrogens with zero attached hydrogens (tertiary/aromatic N) is 1. The quantitative estimate of drug-likeness (QED) is 0.814. The van der Waals surface area contributed by atoms with E-state index in [1.807, 2.05) is 17.5 Å². The molecule has 1 aliphatic rings. The summed E-state index contributed by atoms with van der Waals surface area (Å²) in [4.78, 5) is 30.1. The van der Waals surface area contributed by atoms with Crippen LogP contribution in [0, 0.1) is 5.92 Å². The molecule has 0 aliphatic heterocycles. The van der Waals surface area contributed by atoms with E-state index in [-0.39, 0.29) is 24.7 Å². The van der Waals surface area contributed by atoms with Crippen molar-refractivity contribution in [2.24, 2.45) is 5.92 Å². The van der Waals surface area contributed by atoms with Gasteiger partial charge in [-0.3, -0.25) is 9.59 Å². The molecule has 0 spiro atoms. The Morgan fingerprint density at radius 3 is 3.00 bits per heavy atom. The van der Waals surface area contributed by atoms with Crippen LogP contribution in [0.5, 0.6) is 0 Å². The molecule has 3 rings (SSSR count). The third-order valence-corrected chi connectivity index (χ3v) is 6.30. The van der Waals surface area contributed by atoms with Gasteiger partial charge in [-0.15, -0.1) is 22.7 Å². The van der Waals surface area contributed by atoms with Gasteiger partial charge in [-0.2, -0.15) is 0 Å². The zero-order chi connectivity index (χ0) is 17.1. The highest BCUT2D eigenvalue weighted by Gasteiger charge is 2.23. The average molecular weight is 364 g/mol. The lowest BCUT2D eigenvalue weighted by Crippen LogP contribution is -2.17. The van der Waals surface area contributed by atoms with Gasteiger partial charge in [0.2, 0.25) is 5.91 Å². The van der Waals surface area contributed by atoms with E-state index < -0.39 is 5.97 Å². The Hall–Kier alpha value is -1.73. The fourth-order valence-corrected chi connectivity index (χ4v) is 5.01. The molecule has 0 aromatic carbocycles. The van der Waals surface area contributed by atoms with E-state index in [0.29, 0.717) is 11.0 Å². The zero-order valence-electron chi connectivity index (χ0n) is 13.4. The van der Waals surface area contributed by atoms with E-state index in [9.17, 15) is 9.59 Å². The molecule has 2 N–H and O–H groups in total. The summed E-state index contributed by atoms with van der Waals surface area (Å²) in [6.07, 6.45) is 3.26. The van der Waals surface area contributed by atoms with Crippen molar-refractivity contribution in [1.82, 2.24) is 4.98 Å². The van der Waals surface area contributed by atoms with Gasteiger partial charge in [-0.25, -0.2) is 4.98 Å². The number of thiazole rings is 1. The highest BCUT2D eigenvalue weighted by Crippen LogP contribution is 2.33. The van der Waals surface area contributed by atoms with Gasteiger partial charge >= 0.3 is 5.97 Å². The number of anilines is 1. The molecule has 2 aromatic rings. The normalized spacial score (nSPS) is 18.0. The third kappa shape index (κ3) is 4.21. The summed E-state index contributed by atoms with van der Waals surface area (Å²) in [5, 5.41) is 14.5. The summed E-state index contributed by atoms with van der Waals surface area (Å²) in [6, 6.07) is 3.76. The summed E-state index contributed by atoms with van der Waals surface area (Å²) in [7, 11) is 0. The van der Waals surface area contributed by atoms with Crippen LogP contribution < -0.4 is 5.32 Å². The van der Waals surface area contributed by atoms with Crippen molar-refractivity contribution in [1.29, 1.82) is 0 Å². The molecule has 0 radical (unpaired) electrons. The molecule has 0 saturated carbocycles. The highest BCUT2D eigenvalue weighted by molar-refractivity contribution is 7.15. The Labute approximate surface area is 148 Å². The van der Waals surface area contributed by atoms with Crippen LogP contribution in [0.2, 0.25) is 0 Å². The van der Waals surface area contributed by atoms with E-state index in [1.165, 1.54) is 16.2 Å². The second-order valence-electron chi connectivity index (χ2n) is 6.30. The predicted octanol–water partition coefficient (Wildman–Crippen LogP) is 3.92. The Kier molecular flexibility index (Phi) is 5.30. The Morgan fingerprint density at radius 2 is 2.29 bits per heavy atom. The van der Waals surface area contributed by atoms with Gasteiger partial charge in [0.1, 0.15) is 0 Å². The molecule has 128 valence electrons. The lowest BCUT2D eigenvalue weighted by molar-refractivity contribution is -0.137. The van der Waals surface area contributed by atoms with Crippen LogP contribution in [0.4, 0.5) is 5.13 Å². The predicted molar refractivity (Wildman–Crippen MR) is 95.9 cm³/mol. The van der Waals surface area contributed by atoms with Crippen LogP contribution >= 0.6 is 22.7 Å². The van der Waals surface area contributed by atoms with Crippen LogP contribution in [0.25, 0.3) is 0 Å². The summed E-state index contributed by atoms with van der Waals surface area (Å²) < 4.78 is 0. The molecule has 1 aliphatic carbocycles.